The molecule has 19 heavy (non-hydrogen) atoms. The van der Waals surface area contributed by atoms with Gasteiger partial charge in [0.2, 0.25) is 0 Å². The Morgan fingerprint density at radius 1 is 1.00 bits per heavy atom. The third-order valence-corrected chi connectivity index (χ3v) is 2.02. The zero-order chi connectivity index (χ0) is 14.1. The summed E-state index contributed by atoms with van der Waals surface area (Å²) in [5.41, 5.74) is 0.435. The summed E-state index contributed by atoms with van der Waals surface area (Å²) in [7, 11) is 0. The quantitative estimate of drug-likeness (QED) is 0.442. The van der Waals surface area contributed by atoms with Crippen molar-refractivity contribution in [3.05, 3.63) is 48.0 Å². The van der Waals surface area contributed by atoms with Gasteiger partial charge in [0.25, 0.3) is 0 Å². The van der Waals surface area contributed by atoms with E-state index in [1.165, 1.54) is 6.92 Å². The molecular weight excluding hydrogens is 248 g/mol. The summed E-state index contributed by atoms with van der Waals surface area (Å²) in [5.74, 6) is -1.37. The number of ether oxygens (including phenoxy) is 2. The fourth-order valence-corrected chi connectivity index (χ4v) is 1.17. The minimum Gasteiger partial charge on any atom is -0.459 e. The van der Waals surface area contributed by atoms with Crippen molar-refractivity contribution in [1.29, 1.82) is 0 Å². The van der Waals surface area contributed by atoms with Crippen molar-refractivity contribution in [2.75, 3.05) is 13.2 Å². The second-order valence-corrected chi connectivity index (χ2v) is 3.61. The van der Waals surface area contributed by atoms with E-state index in [9.17, 15) is 14.4 Å². The number of hydrogen-bond donors (Lipinski definition) is 0. The molecule has 0 saturated carbocycles. The monoisotopic (exact) mass is 262 g/mol. The summed E-state index contributed by atoms with van der Waals surface area (Å²) < 4.78 is 9.62. The molecule has 0 aromatic heterocycles. The normalized spacial score (nSPS) is 10.2. The van der Waals surface area contributed by atoms with Crippen molar-refractivity contribution in [2.45, 2.75) is 6.92 Å². The number of benzene rings is 1. The Morgan fingerprint density at radius 3 is 2.26 bits per heavy atom. The molecular formula is C14H14O5. The lowest BCUT2D eigenvalue weighted by atomic mass is 10.2. The highest BCUT2D eigenvalue weighted by Gasteiger charge is 2.05. The van der Waals surface area contributed by atoms with E-state index in [2.05, 4.69) is 0 Å². The van der Waals surface area contributed by atoms with Crippen LogP contribution in [0.15, 0.2) is 42.5 Å². The maximum atomic E-state index is 11.5. The smallest absolute Gasteiger partial charge is 0.338 e. The summed E-state index contributed by atoms with van der Waals surface area (Å²) in [6.07, 6.45) is 2.14. The zero-order valence-electron chi connectivity index (χ0n) is 10.5. The predicted octanol–water partition coefficient (Wildman–Crippen LogP) is 1.53. The van der Waals surface area contributed by atoms with Crippen molar-refractivity contribution in [3.8, 4) is 0 Å². The van der Waals surface area contributed by atoms with E-state index in [0.717, 1.165) is 12.2 Å². The highest BCUT2D eigenvalue weighted by atomic mass is 16.6. The maximum Gasteiger partial charge on any atom is 0.338 e. The lowest BCUT2D eigenvalue weighted by Crippen LogP contribution is -2.13. The third-order valence-electron chi connectivity index (χ3n) is 2.02. The van der Waals surface area contributed by atoms with Gasteiger partial charge in [0.15, 0.2) is 5.78 Å². The van der Waals surface area contributed by atoms with Gasteiger partial charge in [-0.25, -0.2) is 9.59 Å². The maximum absolute atomic E-state index is 11.5. The van der Waals surface area contributed by atoms with E-state index in [1.807, 2.05) is 0 Å². The number of ketones is 1. The van der Waals surface area contributed by atoms with Crippen LogP contribution < -0.4 is 0 Å². The number of hydrogen-bond acceptors (Lipinski definition) is 5. The molecule has 5 nitrogen and oxygen atoms in total. The molecule has 1 aromatic rings. The summed E-state index contributed by atoms with van der Waals surface area (Å²) in [6, 6.07) is 8.50. The predicted molar refractivity (Wildman–Crippen MR) is 67.5 cm³/mol. The molecule has 0 bridgehead atoms. The van der Waals surface area contributed by atoms with E-state index >= 15 is 0 Å². The lowest BCUT2D eigenvalue weighted by Gasteiger charge is -2.04. The van der Waals surface area contributed by atoms with E-state index in [4.69, 9.17) is 9.47 Å². The van der Waals surface area contributed by atoms with Crippen molar-refractivity contribution < 1.29 is 23.9 Å². The number of rotatable bonds is 6. The van der Waals surface area contributed by atoms with Crippen LogP contribution in [0.2, 0.25) is 0 Å². The Bertz CT molecular complexity index is 476. The molecule has 0 saturated heterocycles. The zero-order valence-corrected chi connectivity index (χ0v) is 10.5. The third kappa shape index (κ3) is 6.16. The van der Waals surface area contributed by atoms with Crippen LogP contribution in [-0.2, 0) is 19.1 Å². The molecule has 0 heterocycles. The largest absolute Gasteiger partial charge is 0.459 e. The molecule has 0 aliphatic carbocycles. The van der Waals surface area contributed by atoms with Gasteiger partial charge in [-0.05, 0) is 25.1 Å². The molecule has 1 aromatic carbocycles. The summed E-state index contributed by atoms with van der Waals surface area (Å²) in [4.78, 5) is 33.1. The summed E-state index contributed by atoms with van der Waals surface area (Å²) >= 11 is 0. The first-order valence-corrected chi connectivity index (χ1v) is 5.67. The fourth-order valence-electron chi connectivity index (χ4n) is 1.17. The highest BCUT2D eigenvalue weighted by molar-refractivity contribution is 5.94. The molecule has 5 heteroatoms. The van der Waals surface area contributed by atoms with Gasteiger partial charge in [-0.3, -0.25) is 4.79 Å². The minimum atomic E-state index is -0.647. The average Bonchev–Trinajstić information content (AvgIpc) is 2.42. The summed E-state index contributed by atoms with van der Waals surface area (Å²) in [6.45, 7) is 1.23. The first-order chi connectivity index (χ1) is 9.09. The van der Waals surface area contributed by atoms with Gasteiger partial charge in [0.05, 0.1) is 5.56 Å². The van der Waals surface area contributed by atoms with Crippen LogP contribution in [0.4, 0.5) is 0 Å². The average molecular weight is 262 g/mol. The molecule has 100 valence electrons. The molecule has 1 rings (SSSR count). The Labute approximate surface area is 110 Å². The van der Waals surface area contributed by atoms with Crippen molar-refractivity contribution >= 4 is 17.7 Å². The Balaban J connectivity index is 2.23. The molecule has 0 spiro atoms. The van der Waals surface area contributed by atoms with Crippen molar-refractivity contribution in [3.63, 3.8) is 0 Å². The molecule has 0 amide bonds. The second kappa shape index (κ2) is 7.81. The lowest BCUT2D eigenvalue weighted by molar-refractivity contribution is -0.139. The Kier molecular flexibility index (Phi) is 6.02. The van der Waals surface area contributed by atoms with Gasteiger partial charge in [-0.15, -0.1) is 0 Å². The molecule has 0 atom stereocenters. The van der Waals surface area contributed by atoms with Gasteiger partial charge < -0.3 is 9.47 Å². The summed E-state index contributed by atoms with van der Waals surface area (Å²) in [5, 5.41) is 0. The fraction of sp³-hybridized carbons (Fsp3) is 0.214. The minimum absolute atomic E-state index is 0.0343. The number of carbonyl (C=O) groups is 3. The second-order valence-electron chi connectivity index (χ2n) is 3.61. The number of carbonyl (C=O) groups excluding carboxylic acids is 3. The Morgan fingerprint density at radius 2 is 1.63 bits per heavy atom. The first-order valence-electron chi connectivity index (χ1n) is 5.67. The van der Waals surface area contributed by atoms with Crippen LogP contribution in [0.1, 0.15) is 17.3 Å². The van der Waals surface area contributed by atoms with Crippen LogP contribution in [-0.4, -0.2) is 30.9 Å². The van der Waals surface area contributed by atoms with Crippen LogP contribution in [0.25, 0.3) is 0 Å². The molecule has 0 aliphatic rings. The molecule has 0 radical (unpaired) electrons. The van der Waals surface area contributed by atoms with Crippen LogP contribution in [0.5, 0.6) is 0 Å². The van der Waals surface area contributed by atoms with Crippen LogP contribution in [0, 0.1) is 0 Å². The molecule has 0 aliphatic heterocycles. The number of allylic oxidation sites excluding steroid dienone is 1. The molecule has 0 fully saturated rings. The van der Waals surface area contributed by atoms with Crippen LogP contribution >= 0.6 is 0 Å². The SMILES string of the molecule is CC(=O)/C=C/C(=O)OCCOC(=O)c1ccccc1. The Hall–Kier alpha value is -2.43. The van der Waals surface area contributed by atoms with E-state index < -0.39 is 11.9 Å². The standard InChI is InChI=1S/C14H14O5/c1-11(15)7-8-13(16)18-9-10-19-14(17)12-5-3-2-4-6-12/h2-8H,9-10H2,1H3/b8-7+. The first kappa shape index (κ1) is 14.6. The molecule has 0 unspecified atom stereocenters. The number of esters is 2. The van der Waals surface area contributed by atoms with Crippen molar-refractivity contribution in [1.82, 2.24) is 0 Å². The van der Waals surface area contributed by atoms with Gasteiger partial charge in [-0.2, -0.15) is 0 Å². The van der Waals surface area contributed by atoms with Crippen molar-refractivity contribution in [2.24, 2.45) is 0 Å². The van der Waals surface area contributed by atoms with Gasteiger partial charge in [0, 0.05) is 6.08 Å². The van der Waals surface area contributed by atoms with Crippen LogP contribution in [0.3, 0.4) is 0 Å². The highest BCUT2D eigenvalue weighted by Crippen LogP contribution is 2.00. The topological polar surface area (TPSA) is 69.7 Å². The van der Waals surface area contributed by atoms with Gasteiger partial charge in [0.1, 0.15) is 13.2 Å². The molecule has 0 N–H and O–H groups in total. The van der Waals surface area contributed by atoms with E-state index in [0.29, 0.717) is 5.56 Å². The van der Waals surface area contributed by atoms with Gasteiger partial charge in [-0.1, -0.05) is 18.2 Å². The van der Waals surface area contributed by atoms with E-state index in [1.54, 1.807) is 30.3 Å². The van der Waals surface area contributed by atoms with E-state index in [-0.39, 0.29) is 19.0 Å². The van der Waals surface area contributed by atoms with Gasteiger partial charge >= 0.3 is 11.9 Å².